The Labute approximate surface area is 97.6 Å². The first-order valence-corrected chi connectivity index (χ1v) is 7.41. The standard InChI is InChI=1S/C11H22ClNS/c1-2-14-8-4-7-13-6-3-5-11(9-12)10-13/h11H,2-10H2,1H3. The quantitative estimate of drug-likeness (QED) is 0.514. The van der Waals surface area contributed by atoms with Gasteiger partial charge in [0.15, 0.2) is 0 Å². The van der Waals surface area contributed by atoms with Crippen LogP contribution in [0.2, 0.25) is 0 Å². The molecule has 0 saturated carbocycles. The molecule has 0 bridgehead atoms. The van der Waals surface area contributed by atoms with E-state index < -0.39 is 0 Å². The van der Waals surface area contributed by atoms with Crippen molar-refractivity contribution in [3.63, 3.8) is 0 Å². The van der Waals surface area contributed by atoms with Crippen molar-refractivity contribution in [3.8, 4) is 0 Å². The molecule has 0 amide bonds. The fourth-order valence-electron chi connectivity index (χ4n) is 2.01. The van der Waals surface area contributed by atoms with Crippen LogP contribution in [0.3, 0.4) is 0 Å². The Morgan fingerprint density at radius 1 is 1.50 bits per heavy atom. The lowest BCUT2D eigenvalue weighted by Crippen LogP contribution is -2.36. The van der Waals surface area contributed by atoms with E-state index >= 15 is 0 Å². The monoisotopic (exact) mass is 235 g/mol. The fourth-order valence-corrected chi connectivity index (χ4v) is 2.89. The van der Waals surface area contributed by atoms with E-state index in [2.05, 4.69) is 23.6 Å². The number of likely N-dealkylation sites (tertiary alicyclic amines) is 1. The molecule has 1 fully saturated rings. The van der Waals surface area contributed by atoms with Gasteiger partial charge in [-0.05, 0) is 49.8 Å². The molecule has 1 unspecified atom stereocenters. The van der Waals surface area contributed by atoms with Crippen LogP contribution in [0.25, 0.3) is 0 Å². The maximum absolute atomic E-state index is 5.90. The number of halogens is 1. The summed E-state index contributed by atoms with van der Waals surface area (Å²) in [5.74, 6) is 4.17. The van der Waals surface area contributed by atoms with Gasteiger partial charge in [-0.25, -0.2) is 0 Å². The molecule has 0 aliphatic carbocycles. The second-order valence-electron chi connectivity index (χ2n) is 4.01. The second kappa shape index (κ2) is 7.84. The van der Waals surface area contributed by atoms with Crippen LogP contribution in [0.15, 0.2) is 0 Å². The van der Waals surface area contributed by atoms with Gasteiger partial charge in [-0.15, -0.1) is 11.6 Å². The zero-order chi connectivity index (χ0) is 10.2. The molecular weight excluding hydrogens is 214 g/mol. The topological polar surface area (TPSA) is 3.24 Å². The highest BCUT2D eigenvalue weighted by Crippen LogP contribution is 2.17. The van der Waals surface area contributed by atoms with Gasteiger partial charge in [-0.3, -0.25) is 0 Å². The molecular formula is C11H22ClNS. The van der Waals surface area contributed by atoms with Crippen LogP contribution >= 0.6 is 23.4 Å². The number of rotatable bonds is 6. The summed E-state index contributed by atoms with van der Waals surface area (Å²) in [6.07, 6.45) is 4.02. The predicted molar refractivity (Wildman–Crippen MR) is 67.5 cm³/mol. The largest absolute Gasteiger partial charge is 0.303 e. The lowest BCUT2D eigenvalue weighted by molar-refractivity contribution is 0.186. The molecule has 0 N–H and O–H groups in total. The summed E-state index contributed by atoms with van der Waals surface area (Å²) in [4.78, 5) is 2.59. The lowest BCUT2D eigenvalue weighted by atomic mass is 10.00. The summed E-state index contributed by atoms with van der Waals surface area (Å²) in [6, 6.07) is 0. The average Bonchev–Trinajstić information content (AvgIpc) is 2.25. The molecule has 3 heteroatoms. The third kappa shape index (κ3) is 4.90. The van der Waals surface area contributed by atoms with Gasteiger partial charge in [-0.2, -0.15) is 11.8 Å². The van der Waals surface area contributed by atoms with E-state index in [9.17, 15) is 0 Å². The number of nitrogens with zero attached hydrogens (tertiary/aromatic N) is 1. The minimum absolute atomic E-state index is 0.754. The van der Waals surface area contributed by atoms with E-state index in [1.54, 1.807) is 0 Å². The SMILES string of the molecule is CCSCCCN1CCCC(CCl)C1. The van der Waals surface area contributed by atoms with E-state index in [-0.39, 0.29) is 0 Å². The summed E-state index contributed by atoms with van der Waals surface area (Å²) in [5.41, 5.74) is 0. The number of hydrogen-bond donors (Lipinski definition) is 0. The van der Waals surface area contributed by atoms with Crippen LogP contribution in [0, 0.1) is 5.92 Å². The van der Waals surface area contributed by atoms with Crippen LogP contribution in [0.1, 0.15) is 26.2 Å². The first-order chi connectivity index (χ1) is 6.86. The molecule has 0 aromatic heterocycles. The Balaban J connectivity index is 2.05. The van der Waals surface area contributed by atoms with Crippen molar-refractivity contribution in [1.29, 1.82) is 0 Å². The second-order valence-corrected chi connectivity index (χ2v) is 5.72. The molecule has 0 radical (unpaired) electrons. The molecule has 14 heavy (non-hydrogen) atoms. The molecule has 0 spiro atoms. The van der Waals surface area contributed by atoms with Crippen molar-refractivity contribution >= 4 is 23.4 Å². The number of thioether (sulfide) groups is 1. The number of piperidine rings is 1. The minimum Gasteiger partial charge on any atom is -0.303 e. The van der Waals surface area contributed by atoms with Gasteiger partial charge >= 0.3 is 0 Å². The van der Waals surface area contributed by atoms with E-state index in [1.807, 2.05) is 0 Å². The molecule has 1 aliphatic heterocycles. The summed E-state index contributed by atoms with van der Waals surface area (Å²) in [7, 11) is 0. The van der Waals surface area contributed by atoms with Crippen LogP contribution in [0.5, 0.6) is 0 Å². The summed E-state index contributed by atoms with van der Waals surface area (Å²) in [6.45, 7) is 6.04. The van der Waals surface area contributed by atoms with Gasteiger partial charge in [0.25, 0.3) is 0 Å². The lowest BCUT2D eigenvalue weighted by Gasteiger charge is -2.31. The predicted octanol–water partition coefficient (Wildman–Crippen LogP) is 3.08. The molecule has 1 nitrogen and oxygen atoms in total. The number of hydrogen-bond acceptors (Lipinski definition) is 2. The minimum atomic E-state index is 0.754. The molecule has 1 heterocycles. The van der Waals surface area contributed by atoms with E-state index in [4.69, 9.17) is 11.6 Å². The van der Waals surface area contributed by atoms with E-state index in [0.717, 1.165) is 11.8 Å². The fraction of sp³-hybridized carbons (Fsp3) is 1.00. The maximum atomic E-state index is 5.90. The van der Waals surface area contributed by atoms with Crippen LogP contribution in [-0.4, -0.2) is 41.9 Å². The van der Waals surface area contributed by atoms with Crippen LogP contribution < -0.4 is 0 Å². The summed E-state index contributed by atoms with van der Waals surface area (Å²) >= 11 is 7.95. The highest BCUT2D eigenvalue weighted by molar-refractivity contribution is 7.99. The van der Waals surface area contributed by atoms with Gasteiger partial charge in [0.1, 0.15) is 0 Å². The molecule has 0 aromatic carbocycles. The highest BCUT2D eigenvalue weighted by atomic mass is 35.5. The van der Waals surface area contributed by atoms with Crippen molar-refractivity contribution in [2.24, 2.45) is 5.92 Å². The molecule has 1 rings (SSSR count). The molecule has 1 aliphatic rings. The normalized spacial score (nSPS) is 24.0. The van der Waals surface area contributed by atoms with Gasteiger partial charge in [0.2, 0.25) is 0 Å². The van der Waals surface area contributed by atoms with Gasteiger partial charge < -0.3 is 4.90 Å². The van der Waals surface area contributed by atoms with E-state index in [1.165, 1.54) is 50.4 Å². The highest BCUT2D eigenvalue weighted by Gasteiger charge is 2.18. The molecule has 1 atom stereocenters. The van der Waals surface area contributed by atoms with Gasteiger partial charge in [-0.1, -0.05) is 6.92 Å². The molecule has 1 saturated heterocycles. The van der Waals surface area contributed by atoms with Gasteiger partial charge in [0, 0.05) is 12.4 Å². The summed E-state index contributed by atoms with van der Waals surface area (Å²) < 4.78 is 0. The third-order valence-electron chi connectivity index (χ3n) is 2.79. The molecule has 84 valence electrons. The first-order valence-electron chi connectivity index (χ1n) is 5.73. The Morgan fingerprint density at radius 2 is 2.36 bits per heavy atom. The third-order valence-corrected chi connectivity index (χ3v) is 4.21. The first kappa shape index (κ1) is 12.7. The van der Waals surface area contributed by atoms with E-state index in [0.29, 0.717) is 0 Å². The molecule has 0 aromatic rings. The van der Waals surface area contributed by atoms with Crippen molar-refractivity contribution < 1.29 is 0 Å². The van der Waals surface area contributed by atoms with Crippen LogP contribution in [-0.2, 0) is 0 Å². The summed E-state index contributed by atoms with van der Waals surface area (Å²) in [5, 5.41) is 0. The van der Waals surface area contributed by atoms with Crippen molar-refractivity contribution in [2.75, 3.05) is 37.0 Å². The Kier molecular flexibility index (Phi) is 7.09. The van der Waals surface area contributed by atoms with Crippen molar-refractivity contribution in [2.45, 2.75) is 26.2 Å². The van der Waals surface area contributed by atoms with Gasteiger partial charge in [0.05, 0.1) is 0 Å². The Bertz CT molecular complexity index is 143. The zero-order valence-electron chi connectivity index (χ0n) is 9.17. The van der Waals surface area contributed by atoms with Crippen molar-refractivity contribution in [3.05, 3.63) is 0 Å². The van der Waals surface area contributed by atoms with Crippen LogP contribution in [0.4, 0.5) is 0 Å². The maximum Gasteiger partial charge on any atom is 0.0263 e. The smallest absolute Gasteiger partial charge is 0.0263 e. The Hall–Kier alpha value is 0.600. The average molecular weight is 236 g/mol. The Morgan fingerprint density at radius 3 is 3.07 bits per heavy atom. The van der Waals surface area contributed by atoms with Crippen molar-refractivity contribution in [1.82, 2.24) is 4.90 Å². The number of alkyl halides is 1. The zero-order valence-corrected chi connectivity index (χ0v) is 10.7.